The second kappa shape index (κ2) is 11.9. The van der Waals surface area contributed by atoms with Crippen LogP contribution in [0.15, 0.2) is 186 Å². The summed E-state index contributed by atoms with van der Waals surface area (Å²) in [6, 6.07) is 63.7. The first-order chi connectivity index (χ1) is 27.8. The highest BCUT2D eigenvalue weighted by Gasteiger charge is 2.24. The standard InChI is InChI=1S/C51H30N4O/c1-2-17-35(18-3-1)55-43-23-10-8-21-41(43)46-44(55)30-42(38-27-28-39-37-20-9-11-24-45(37)56-48(39)47(38)46)51-53-49(34-26-25-31-13-4-5-15-33(31)29-34)52-50(54-51)40-22-12-16-32-14-6-7-19-36(32)40/h1-30H. The molecule has 0 aliphatic carbocycles. The number of para-hydroxylation sites is 3. The van der Waals surface area contributed by atoms with Crippen molar-refractivity contribution < 1.29 is 4.42 Å². The van der Waals surface area contributed by atoms with Crippen LogP contribution in [0.2, 0.25) is 0 Å². The predicted octanol–water partition coefficient (Wildman–Crippen LogP) is 13.3. The molecule has 0 aliphatic rings. The second-order valence-corrected chi connectivity index (χ2v) is 14.4. The zero-order chi connectivity index (χ0) is 36.7. The molecule has 3 heterocycles. The van der Waals surface area contributed by atoms with E-state index in [0.29, 0.717) is 17.5 Å². The van der Waals surface area contributed by atoms with Crippen molar-refractivity contribution >= 4 is 76.1 Å². The van der Waals surface area contributed by atoms with E-state index in [-0.39, 0.29) is 0 Å². The van der Waals surface area contributed by atoms with Gasteiger partial charge in [-0.25, -0.2) is 15.0 Å². The number of rotatable bonds is 4. The Kier molecular flexibility index (Phi) is 6.56. The Hall–Kier alpha value is -7.63. The molecule has 0 saturated heterocycles. The van der Waals surface area contributed by atoms with E-state index < -0.39 is 0 Å². The summed E-state index contributed by atoms with van der Waals surface area (Å²) in [6.07, 6.45) is 0. The van der Waals surface area contributed by atoms with Crippen LogP contribution >= 0.6 is 0 Å². The van der Waals surface area contributed by atoms with Crippen molar-refractivity contribution in [1.29, 1.82) is 0 Å². The summed E-state index contributed by atoms with van der Waals surface area (Å²) in [5, 5.41) is 11.0. The van der Waals surface area contributed by atoms with Gasteiger partial charge in [-0.2, -0.15) is 0 Å². The summed E-state index contributed by atoms with van der Waals surface area (Å²) in [5.41, 5.74) is 7.73. The second-order valence-electron chi connectivity index (χ2n) is 14.4. The molecule has 260 valence electrons. The van der Waals surface area contributed by atoms with Gasteiger partial charge in [0.1, 0.15) is 11.2 Å². The van der Waals surface area contributed by atoms with Crippen LogP contribution in [0.3, 0.4) is 0 Å². The molecule has 0 radical (unpaired) electrons. The van der Waals surface area contributed by atoms with Crippen molar-refractivity contribution in [3.8, 4) is 39.9 Å². The van der Waals surface area contributed by atoms with Crippen LogP contribution in [0.4, 0.5) is 0 Å². The highest BCUT2D eigenvalue weighted by molar-refractivity contribution is 6.31. The Bertz CT molecular complexity index is 3540. The Morgan fingerprint density at radius 2 is 1.04 bits per heavy atom. The van der Waals surface area contributed by atoms with E-state index in [0.717, 1.165) is 93.1 Å². The van der Waals surface area contributed by atoms with Gasteiger partial charge in [0.2, 0.25) is 0 Å². The lowest BCUT2D eigenvalue weighted by molar-refractivity contribution is 0.673. The number of aromatic nitrogens is 4. The largest absolute Gasteiger partial charge is 0.455 e. The molecular weight excluding hydrogens is 685 g/mol. The molecule has 9 aromatic carbocycles. The Morgan fingerprint density at radius 1 is 0.375 bits per heavy atom. The van der Waals surface area contributed by atoms with Crippen molar-refractivity contribution in [2.24, 2.45) is 0 Å². The topological polar surface area (TPSA) is 56.7 Å². The fourth-order valence-electron chi connectivity index (χ4n) is 8.67. The first kappa shape index (κ1) is 30.8. The van der Waals surface area contributed by atoms with Crippen LogP contribution in [0.25, 0.3) is 116 Å². The predicted molar refractivity (Wildman–Crippen MR) is 230 cm³/mol. The third-order valence-electron chi connectivity index (χ3n) is 11.2. The van der Waals surface area contributed by atoms with Gasteiger partial charge in [-0.15, -0.1) is 0 Å². The highest BCUT2D eigenvalue weighted by atomic mass is 16.3. The summed E-state index contributed by atoms with van der Waals surface area (Å²) >= 11 is 0. The third kappa shape index (κ3) is 4.58. The van der Waals surface area contributed by atoms with E-state index in [2.05, 4.69) is 174 Å². The van der Waals surface area contributed by atoms with Crippen LogP contribution in [0.1, 0.15) is 0 Å². The van der Waals surface area contributed by atoms with Gasteiger partial charge < -0.3 is 8.98 Å². The number of fused-ring (bicyclic) bond motifs is 11. The van der Waals surface area contributed by atoms with E-state index in [4.69, 9.17) is 19.4 Å². The molecule has 0 spiro atoms. The number of furan rings is 1. The number of hydrogen-bond acceptors (Lipinski definition) is 4. The van der Waals surface area contributed by atoms with Crippen molar-refractivity contribution in [1.82, 2.24) is 19.5 Å². The lowest BCUT2D eigenvalue weighted by Gasteiger charge is -2.14. The molecule has 5 heteroatoms. The molecule has 12 aromatic rings. The summed E-state index contributed by atoms with van der Waals surface area (Å²) in [6.45, 7) is 0. The van der Waals surface area contributed by atoms with Gasteiger partial charge in [0.05, 0.1) is 11.0 Å². The van der Waals surface area contributed by atoms with Gasteiger partial charge in [0.25, 0.3) is 0 Å². The maximum atomic E-state index is 6.84. The first-order valence-electron chi connectivity index (χ1n) is 18.9. The van der Waals surface area contributed by atoms with Gasteiger partial charge >= 0.3 is 0 Å². The van der Waals surface area contributed by atoms with Crippen LogP contribution in [-0.4, -0.2) is 19.5 Å². The van der Waals surface area contributed by atoms with E-state index in [1.807, 2.05) is 12.1 Å². The monoisotopic (exact) mass is 714 g/mol. The van der Waals surface area contributed by atoms with Crippen LogP contribution in [0, 0.1) is 0 Å². The van der Waals surface area contributed by atoms with Gasteiger partial charge in [-0.3, -0.25) is 0 Å². The number of nitrogens with zero attached hydrogens (tertiary/aromatic N) is 4. The SMILES string of the molecule is c1ccc(-n2c3ccccc3c3c4c(ccc5c6ccccc6oc54)c(-c4nc(-c5ccc6ccccc6c5)nc(-c5cccc6ccccc56)n4)cc32)cc1. The molecule has 0 amide bonds. The number of benzene rings is 9. The van der Waals surface area contributed by atoms with E-state index >= 15 is 0 Å². The zero-order valence-corrected chi connectivity index (χ0v) is 30.0. The van der Waals surface area contributed by atoms with Crippen molar-refractivity contribution in [3.05, 3.63) is 182 Å². The average molecular weight is 715 g/mol. The number of hydrogen-bond donors (Lipinski definition) is 0. The minimum Gasteiger partial charge on any atom is -0.455 e. The normalized spacial score (nSPS) is 11.9. The minimum absolute atomic E-state index is 0.596. The van der Waals surface area contributed by atoms with Gasteiger partial charge in [-0.1, -0.05) is 140 Å². The quantitative estimate of drug-likeness (QED) is 0.182. The lowest BCUT2D eigenvalue weighted by Crippen LogP contribution is -2.01. The summed E-state index contributed by atoms with van der Waals surface area (Å²) in [5.74, 6) is 1.83. The maximum absolute atomic E-state index is 6.84. The molecule has 56 heavy (non-hydrogen) atoms. The van der Waals surface area contributed by atoms with E-state index in [1.54, 1.807) is 0 Å². The Labute approximate surface area is 320 Å². The van der Waals surface area contributed by atoms with Crippen molar-refractivity contribution in [2.75, 3.05) is 0 Å². The van der Waals surface area contributed by atoms with Gasteiger partial charge in [0, 0.05) is 49.3 Å². The van der Waals surface area contributed by atoms with E-state index in [9.17, 15) is 0 Å². The van der Waals surface area contributed by atoms with Crippen LogP contribution in [0.5, 0.6) is 0 Å². The summed E-state index contributed by atoms with van der Waals surface area (Å²) < 4.78 is 9.19. The molecule has 3 aromatic heterocycles. The molecule has 0 atom stereocenters. The highest BCUT2D eigenvalue weighted by Crippen LogP contribution is 2.46. The molecule has 0 bridgehead atoms. The Morgan fingerprint density at radius 3 is 1.91 bits per heavy atom. The molecular formula is C51H30N4O. The van der Waals surface area contributed by atoms with Crippen LogP contribution in [-0.2, 0) is 0 Å². The van der Waals surface area contributed by atoms with Gasteiger partial charge in [0.15, 0.2) is 17.5 Å². The fraction of sp³-hybridized carbons (Fsp3) is 0. The van der Waals surface area contributed by atoms with Crippen molar-refractivity contribution in [2.45, 2.75) is 0 Å². The summed E-state index contributed by atoms with van der Waals surface area (Å²) in [7, 11) is 0. The van der Waals surface area contributed by atoms with E-state index in [1.165, 1.54) is 5.39 Å². The molecule has 5 nitrogen and oxygen atoms in total. The third-order valence-corrected chi connectivity index (χ3v) is 11.2. The molecule has 0 N–H and O–H groups in total. The van der Waals surface area contributed by atoms with Crippen molar-refractivity contribution in [3.63, 3.8) is 0 Å². The molecule has 0 unspecified atom stereocenters. The molecule has 12 rings (SSSR count). The van der Waals surface area contributed by atoms with Crippen LogP contribution < -0.4 is 0 Å². The Balaban J connectivity index is 1.25. The molecule has 0 fully saturated rings. The average Bonchev–Trinajstić information content (AvgIpc) is 3.82. The smallest absolute Gasteiger partial charge is 0.164 e. The lowest BCUT2D eigenvalue weighted by atomic mass is 9.96. The fourth-order valence-corrected chi connectivity index (χ4v) is 8.67. The molecule has 0 saturated carbocycles. The minimum atomic E-state index is 0.596. The zero-order valence-electron chi connectivity index (χ0n) is 30.0. The maximum Gasteiger partial charge on any atom is 0.164 e. The van der Waals surface area contributed by atoms with Gasteiger partial charge in [-0.05, 0) is 69.4 Å². The summed E-state index contributed by atoms with van der Waals surface area (Å²) in [4.78, 5) is 16.0. The first-order valence-corrected chi connectivity index (χ1v) is 18.9. The molecule has 0 aliphatic heterocycles.